The average molecular weight is 206 g/mol. The normalized spacial score (nSPS) is 14.7. The average Bonchev–Trinajstić information content (AvgIpc) is 2.20. The number of nitrogens with one attached hydrogen (secondary N) is 1. The molecular formula is C13H22N2. The van der Waals surface area contributed by atoms with Gasteiger partial charge in [0.15, 0.2) is 0 Å². The predicted octanol–water partition coefficient (Wildman–Crippen LogP) is 3.54. The van der Waals surface area contributed by atoms with Crippen LogP contribution in [0, 0.1) is 19.8 Å². The lowest BCUT2D eigenvalue weighted by Crippen LogP contribution is -2.23. The molecule has 2 unspecified atom stereocenters. The van der Waals surface area contributed by atoms with Crippen LogP contribution in [0.3, 0.4) is 0 Å². The summed E-state index contributed by atoms with van der Waals surface area (Å²) in [5, 5.41) is 3.53. The molecule has 1 heterocycles. The molecule has 84 valence electrons. The molecule has 1 N–H and O–H groups in total. The Morgan fingerprint density at radius 3 is 2.47 bits per heavy atom. The van der Waals surface area contributed by atoms with Gasteiger partial charge >= 0.3 is 0 Å². The number of aryl methyl sites for hydroxylation is 2. The Kier molecular flexibility index (Phi) is 4.13. The van der Waals surface area contributed by atoms with E-state index in [-0.39, 0.29) is 0 Å². The van der Waals surface area contributed by atoms with Gasteiger partial charge in [-0.05, 0) is 38.8 Å². The highest BCUT2D eigenvalue weighted by Crippen LogP contribution is 2.17. The summed E-state index contributed by atoms with van der Waals surface area (Å²) >= 11 is 0. The standard InChI is InChI=1S/C13H22N2/c1-6-9(2)11(4)15-13-8-7-10(3)14-12(13)5/h7-9,11,15H,6H2,1-5H3. The first-order valence-electron chi connectivity index (χ1n) is 5.75. The van der Waals surface area contributed by atoms with E-state index in [4.69, 9.17) is 0 Å². The monoisotopic (exact) mass is 206 g/mol. The highest BCUT2D eigenvalue weighted by molar-refractivity contribution is 5.48. The van der Waals surface area contributed by atoms with Crippen molar-refractivity contribution in [3.63, 3.8) is 0 Å². The molecule has 1 aromatic heterocycles. The molecule has 2 heteroatoms. The third kappa shape index (κ3) is 3.22. The van der Waals surface area contributed by atoms with Gasteiger partial charge < -0.3 is 5.32 Å². The van der Waals surface area contributed by atoms with Crippen molar-refractivity contribution in [3.8, 4) is 0 Å². The minimum Gasteiger partial charge on any atom is -0.381 e. The fourth-order valence-electron chi connectivity index (χ4n) is 1.58. The van der Waals surface area contributed by atoms with Crippen LogP contribution in [0.15, 0.2) is 12.1 Å². The summed E-state index contributed by atoms with van der Waals surface area (Å²) in [7, 11) is 0. The van der Waals surface area contributed by atoms with Crippen LogP contribution in [-0.4, -0.2) is 11.0 Å². The minimum absolute atomic E-state index is 0.498. The van der Waals surface area contributed by atoms with Gasteiger partial charge in [0, 0.05) is 11.7 Å². The molecule has 0 saturated carbocycles. The van der Waals surface area contributed by atoms with E-state index in [1.165, 1.54) is 6.42 Å². The van der Waals surface area contributed by atoms with Gasteiger partial charge in [-0.2, -0.15) is 0 Å². The lowest BCUT2D eigenvalue weighted by Gasteiger charge is -2.22. The van der Waals surface area contributed by atoms with Crippen molar-refractivity contribution in [2.24, 2.45) is 5.92 Å². The molecule has 0 aromatic carbocycles. The Bertz CT molecular complexity index is 320. The molecule has 0 fully saturated rings. The highest BCUT2D eigenvalue weighted by Gasteiger charge is 2.10. The second-order valence-electron chi connectivity index (χ2n) is 4.40. The molecule has 2 atom stereocenters. The first-order valence-corrected chi connectivity index (χ1v) is 5.75. The number of pyridine rings is 1. The summed E-state index contributed by atoms with van der Waals surface area (Å²) in [5.74, 6) is 0.686. The number of nitrogens with zero attached hydrogens (tertiary/aromatic N) is 1. The molecule has 0 amide bonds. The Morgan fingerprint density at radius 1 is 1.27 bits per heavy atom. The summed E-state index contributed by atoms with van der Waals surface area (Å²) in [5.41, 5.74) is 3.33. The van der Waals surface area contributed by atoms with Gasteiger partial charge in [-0.15, -0.1) is 0 Å². The van der Waals surface area contributed by atoms with Gasteiger partial charge in [-0.25, -0.2) is 0 Å². The van der Waals surface area contributed by atoms with Crippen LogP contribution in [-0.2, 0) is 0 Å². The van der Waals surface area contributed by atoms with E-state index >= 15 is 0 Å². The van der Waals surface area contributed by atoms with Gasteiger partial charge in [0.25, 0.3) is 0 Å². The van der Waals surface area contributed by atoms with E-state index in [1.54, 1.807) is 0 Å². The van der Waals surface area contributed by atoms with Gasteiger partial charge in [0.05, 0.1) is 11.4 Å². The van der Waals surface area contributed by atoms with Gasteiger partial charge in [0.1, 0.15) is 0 Å². The predicted molar refractivity (Wildman–Crippen MR) is 66.3 cm³/mol. The van der Waals surface area contributed by atoms with E-state index in [2.05, 4.69) is 50.1 Å². The highest BCUT2D eigenvalue weighted by atomic mass is 14.9. The Morgan fingerprint density at radius 2 is 1.93 bits per heavy atom. The second kappa shape index (κ2) is 5.15. The van der Waals surface area contributed by atoms with Crippen LogP contribution < -0.4 is 5.32 Å². The molecule has 1 aromatic rings. The number of anilines is 1. The minimum atomic E-state index is 0.498. The third-order valence-electron chi connectivity index (χ3n) is 3.11. The maximum atomic E-state index is 4.45. The zero-order valence-corrected chi connectivity index (χ0v) is 10.5. The topological polar surface area (TPSA) is 24.9 Å². The van der Waals surface area contributed by atoms with Crippen molar-refractivity contribution in [1.29, 1.82) is 0 Å². The fourth-order valence-corrected chi connectivity index (χ4v) is 1.58. The number of hydrogen-bond donors (Lipinski definition) is 1. The van der Waals surface area contributed by atoms with E-state index in [0.717, 1.165) is 17.1 Å². The van der Waals surface area contributed by atoms with E-state index in [1.807, 2.05) is 6.92 Å². The number of aromatic nitrogens is 1. The SMILES string of the molecule is CCC(C)C(C)Nc1ccc(C)nc1C. The van der Waals surface area contributed by atoms with Crippen LogP contribution in [0.4, 0.5) is 5.69 Å². The van der Waals surface area contributed by atoms with Gasteiger partial charge in [-0.1, -0.05) is 20.3 Å². The molecule has 0 spiro atoms. The molecule has 0 aliphatic heterocycles. The van der Waals surface area contributed by atoms with Crippen molar-refractivity contribution >= 4 is 5.69 Å². The number of rotatable bonds is 4. The summed E-state index contributed by atoms with van der Waals surface area (Å²) in [6, 6.07) is 4.67. The van der Waals surface area contributed by atoms with Crippen molar-refractivity contribution in [3.05, 3.63) is 23.5 Å². The first kappa shape index (κ1) is 12.0. The molecule has 0 saturated heterocycles. The summed E-state index contributed by atoms with van der Waals surface area (Å²) < 4.78 is 0. The Hall–Kier alpha value is -1.05. The van der Waals surface area contributed by atoms with Crippen molar-refractivity contribution in [2.75, 3.05) is 5.32 Å². The Balaban J connectivity index is 2.72. The maximum Gasteiger partial charge on any atom is 0.0606 e. The summed E-state index contributed by atoms with van der Waals surface area (Å²) in [4.78, 5) is 4.45. The summed E-state index contributed by atoms with van der Waals surface area (Å²) in [6.07, 6.45) is 1.20. The largest absolute Gasteiger partial charge is 0.381 e. The quantitative estimate of drug-likeness (QED) is 0.815. The lowest BCUT2D eigenvalue weighted by atomic mass is 10.0. The van der Waals surface area contributed by atoms with Gasteiger partial charge in [-0.3, -0.25) is 4.98 Å². The molecule has 1 rings (SSSR count). The van der Waals surface area contributed by atoms with Gasteiger partial charge in [0.2, 0.25) is 0 Å². The van der Waals surface area contributed by atoms with E-state index in [0.29, 0.717) is 12.0 Å². The number of hydrogen-bond acceptors (Lipinski definition) is 2. The van der Waals surface area contributed by atoms with Crippen molar-refractivity contribution < 1.29 is 0 Å². The second-order valence-corrected chi connectivity index (χ2v) is 4.40. The molecule has 2 nitrogen and oxygen atoms in total. The molecule has 0 aliphatic rings. The van der Waals surface area contributed by atoms with Crippen molar-refractivity contribution in [2.45, 2.75) is 47.1 Å². The van der Waals surface area contributed by atoms with E-state index in [9.17, 15) is 0 Å². The van der Waals surface area contributed by atoms with Crippen LogP contribution in [0.2, 0.25) is 0 Å². The maximum absolute atomic E-state index is 4.45. The summed E-state index contributed by atoms with van der Waals surface area (Å²) in [6.45, 7) is 10.8. The van der Waals surface area contributed by atoms with E-state index < -0.39 is 0 Å². The van der Waals surface area contributed by atoms with Crippen LogP contribution in [0.5, 0.6) is 0 Å². The molecular weight excluding hydrogens is 184 g/mol. The van der Waals surface area contributed by atoms with Crippen LogP contribution in [0.1, 0.15) is 38.6 Å². The smallest absolute Gasteiger partial charge is 0.0606 e. The van der Waals surface area contributed by atoms with Crippen LogP contribution >= 0.6 is 0 Å². The zero-order valence-electron chi connectivity index (χ0n) is 10.5. The molecule has 0 radical (unpaired) electrons. The molecule has 0 aliphatic carbocycles. The van der Waals surface area contributed by atoms with Crippen LogP contribution in [0.25, 0.3) is 0 Å². The Labute approximate surface area is 93.1 Å². The van der Waals surface area contributed by atoms with Crippen molar-refractivity contribution in [1.82, 2.24) is 4.98 Å². The fraction of sp³-hybridized carbons (Fsp3) is 0.615. The third-order valence-corrected chi connectivity index (χ3v) is 3.11. The zero-order chi connectivity index (χ0) is 11.4. The lowest BCUT2D eigenvalue weighted by molar-refractivity contribution is 0.494. The first-order chi connectivity index (χ1) is 7.04. The molecule has 15 heavy (non-hydrogen) atoms. The molecule has 0 bridgehead atoms.